The zero-order chi connectivity index (χ0) is 14.7. The SMILES string of the molecule is NC(=O)C(Nc1ccccc1F)c1ccc(F)cc1Cl. The molecule has 2 aromatic carbocycles. The van der Waals surface area contributed by atoms with E-state index in [1.165, 1.54) is 24.3 Å². The quantitative estimate of drug-likeness (QED) is 0.910. The van der Waals surface area contributed by atoms with Crippen LogP contribution in [-0.4, -0.2) is 5.91 Å². The average molecular weight is 297 g/mol. The van der Waals surface area contributed by atoms with Crippen LogP contribution in [-0.2, 0) is 4.79 Å². The van der Waals surface area contributed by atoms with Gasteiger partial charge in [0, 0.05) is 10.6 Å². The molecule has 0 heterocycles. The Morgan fingerprint density at radius 1 is 1.20 bits per heavy atom. The van der Waals surface area contributed by atoms with Crippen molar-refractivity contribution in [1.82, 2.24) is 0 Å². The van der Waals surface area contributed by atoms with Crippen LogP contribution < -0.4 is 11.1 Å². The second-order valence-corrected chi connectivity index (χ2v) is 4.53. The number of amides is 1. The Hall–Kier alpha value is -2.14. The zero-order valence-electron chi connectivity index (χ0n) is 10.2. The molecule has 0 aliphatic heterocycles. The molecule has 0 saturated heterocycles. The summed E-state index contributed by atoms with van der Waals surface area (Å²) in [6.45, 7) is 0. The minimum Gasteiger partial charge on any atom is -0.368 e. The van der Waals surface area contributed by atoms with Gasteiger partial charge < -0.3 is 11.1 Å². The Morgan fingerprint density at radius 3 is 2.50 bits per heavy atom. The van der Waals surface area contributed by atoms with Crippen molar-refractivity contribution >= 4 is 23.2 Å². The van der Waals surface area contributed by atoms with E-state index in [2.05, 4.69) is 5.32 Å². The largest absolute Gasteiger partial charge is 0.368 e. The third-order valence-corrected chi connectivity index (χ3v) is 3.06. The fourth-order valence-corrected chi connectivity index (χ4v) is 2.05. The average Bonchev–Trinajstić information content (AvgIpc) is 2.38. The Balaban J connectivity index is 2.37. The van der Waals surface area contributed by atoms with Gasteiger partial charge in [0.05, 0.1) is 5.69 Å². The van der Waals surface area contributed by atoms with Gasteiger partial charge in [0.25, 0.3) is 0 Å². The number of nitrogens with one attached hydrogen (secondary N) is 1. The molecule has 0 fully saturated rings. The lowest BCUT2D eigenvalue weighted by Crippen LogP contribution is -2.28. The maximum atomic E-state index is 13.6. The van der Waals surface area contributed by atoms with Gasteiger partial charge >= 0.3 is 0 Å². The van der Waals surface area contributed by atoms with E-state index in [0.717, 1.165) is 12.1 Å². The molecule has 2 aromatic rings. The number of para-hydroxylation sites is 1. The molecule has 3 N–H and O–H groups in total. The molecule has 0 aliphatic carbocycles. The van der Waals surface area contributed by atoms with Gasteiger partial charge in [-0.25, -0.2) is 8.78 Å². The van der Waals surface area contributed by atoms with Crippen LogP contribution in [0.3, 0.4) is 0 Å². The standard InChI is InChI=1S/C14H11ClF2N2O/c15-10-7-8(16)5-6-9(10)13(14(18)20)19-12-4-2-1-3-11(12)17/h1-7,13,19H,(H2,18,20). The van der Waals surface area contributed by atoms with Gasteiger partial charge in [0.1, 0.15) is 17.7 Å². The lowest BCUT2D eigenvalue weighted by Gasteiger charge is -2.18. The van der Waals surface area contributed by atoms with E-state index < -0.39 is 23.6 Å². The van der Waals surface area contributed by atoms with Crippen LogP contribution in [0.5, 0.6) is 0 Å². The van der Waals surface area contributed by atoms with Gasteiger partial charge in [-0.1, -0.05) is 29.8 Å². The Morgan fingerprint density at radius 2 is 1.90 bits per heavy atom. The van der Waals surface area contributed by atoms with Crippen LogP contribution in [0.1, 0.15) is 11.6 Å². The van der Waals surface area contributed by atoms with Gasteiger partial charge in [-0.2, -0.15) is 0 Å². The number of anilines is 1. The van der Waals surface area contributed by atoms with E-state index in [1.807, 2.05) is 0 Å². The molecule has 6 heteroatoms. The molecule has 0 aromatic heterocycles. The van der Waals surface area contributed by atoms with Gasteiger partial charge in [-0.05, 0) is 24.3 Å². The van der Waals surface area contributed by atoms with E-state index in [4.69, 9.17) is 17.3 Å². The van der Waals surface area contributed by atoms with Crippen molar-refractivity contribution in [3.05, 3.63) is 64.7 Å². The highest BCUT2D eigenvalue weighted by Crippen LogP contribution is 2.27. The van der Waals surface area contributed by atoms with Gasteiger partial charge in [-0.15, -0.1) is 0 Å². The number of hydrogen-bond acceptors (Lipinski definition) is 2. The predicted octanol–water partition coefficient (Wildman–Crippen LogP) is 3.26. The number of carbonyl (C=O) groups is 1. The lowest BCUT2D eigenvalue weighted by molar-refractivity contribution is -0.118. The fraction of sp³-hybridized carbons (Fsp3) is 0.0714. The number of primary amides is 1. The molecular weight excluding hydrogens is 286 g/mol. The van der Waals surface area contributed by atoms with Crippen molar-refractivity contribution in [2.45, 2.75) is 6.04 Å². The molecule has 20 heavy (non-hydrogen) atoms. The lowest BCUT2D eigenvalue weighted by atomic mass is 10.1. The van der Waals surface area contributed by atoms with E-state index >= 15 is 0 Å². The maximum absolute atomic E-state index is 13.6. The first-order chi connectivity index (χ1) is 9.49. The molecule has 1 amide bonds. The smallest absolute Gasteiger partial charge is 0.244 e. The maximum Gasteiger partial charge on any atom is 0.244 e. The molecule has 0 bridgehead atoms. The summed E-state index contributed by atoms with van der Waals surface area (Å²) in [7, 11) is 0. The third kappa shape index (κ3) is 3.05. The predicted molar refractivity (Wildman–Crippen MR) is 73.4 cm³/mol. The van der Waals surface area contributed by atoms with Gasteiger partial charge in [0.15, 0.2) is 0 Å². The Kier molecular flexibility index (Phi) is 4.20. The molecule has 1 atom stereocenters. The number of benzene rings is 2. The van der Waals surface area contributed by atoms with Crippen LogP contribution in [0, 0.1) is 11.6 Å². The highest BCUT2D eigenvalue weighted by molar-refractivity contribution is 6.31. The highest BCUT2D eigenvalue weighted by atomic mass is 35.5. The van der Waals surface area contributed by atoms with E-state index in [0.29, 0.717) is 0 Å². The summed E-state index contributed by atoms with van der Waals surface area (Å²) in [5.74, 6) is -1.81. The summed E-state index contributed by atoms with van der Waals surface area (Å²) < 4.78 is 26.6. The van der Waals surface area contributed by atoms with Crippen molar-refractivity contribution in [2.75, 3.05) is 5.32 Å². The fourth-order valence-electron chi connectivity index (χ4n) is 1.77. The minimum absolute atomic E-state index is 0.0395. The second kappa shape index (κ2) is 5.88. The van der Waals surface area contributed by atoms with Crippen molar-refractivity contribution in [3.63, 3.8) is 0 Å². The summed E-state index contributed by atoms with van der Waals surface area (Å²) >= 11 is 5.89. The van der Waals surface area contributed by atoms with Crippen LogP contribution in [0.25, 0.3) is 0 Å². The number of nitrogens with two attached hydrogens (primary N) is 1. The molecule has 2 rings (SSSR count). The molecule has 0 saturated carbocycles. The molecular formula is C14H11ClF2N2O. The van der Waals surface area contributed by atoms with Crippen LogP contribution in [0.4, 0.5) is 14.5 Å². The molecule has 3 nitrogen and oxygen atoms in total. The summed E-state index contributed by atoms with van der Waals surface area (Å²) in [6, 6.07) is 8.33. The summed E-state index contributed by atoms with van der Waals surface area (Å²) in [5, 5.41) is 2.71. The molecule has 104 valence electrons. The van der Waals surface area contributed by atoms with Gasteiger partial charge in [-0.3, -0.25) is 4.79 Å². The normalized spacial score (nSPS) is 11.9. The van der Waals surface area contributed by atoms with Crippen molar-refractivity contribution in [3.8, 4) is 0 Å². The number of carbonyl (C=O) groups excluding carboxylic acids is 1. The van der Waals surface area contributed by atoms with E-state index in [9.17, 15) is 13.6 Å². The minimum atomic E-state index is -1.06. The topological polar surface area (TPSA) is 55.1 Å². The summed E-state index contributed by atoms with van der Waals surface area (Å²) in [4.78, 5) is 11.5. The first-order valence-corrected chi connectivity index (χ1v) is 6.12. The van der Waals surface area contributed by atoms with Crippen molar-refractivity contribution in [2.24, 2.45) is 5.73 Å². The van der Waals surface area contributed by atoms with E-state index in [1.54, 1.807) is 6.07 Å². The van der Waals surface area contributed by atoms with Crippen molar-refractivity contribution < 1.29 is 13.6 Å². The van der Waals surface area contributed by atoms with Crippen LogP contribution in [0.15, 0.2) is 42.5 Å². The third-order valence-electron chi connectivity index (χ3n) is 2.73. The molecule has 1 unspecified atom stereocenters. The first kappa shape index (κ1) is 14.3. The first-order valence-electron chi connectivity index (χ1n) is 5.74. The molecule has 0 aliphatic rings. The molecule has 0 spiro atoms. The van der Waals surface area contributed by atoms with Crippen molar-refractivity contribution in [1.29, 1.82) is 0 Å². The number of halogens is 3. The number of hydrogen-bond donors (Lipinski definition) is 2. The number of rotatable bonds is 4. The monoisotopic (exact) mass is 296 g/mol. The summed E-state index contributed by atoms with van der Waals surface area (Å²) in [6.07, 6.45) is 0. The van der Waals surface area contributed by atoms with Gasteiger partial charge in [0.2, 0.25) is 5.91 Å². The van der Waals surface area contributed by atoms with E-state index in [-0.39, 0.29) is 16.3 Å². The Labute approximate surface area is 119 Å². The van der Waals surface area contributed by atoms with Crippen LogP contribution in [0.2, 0.25) is 5.02 Å². The van der Waals surface area contributed by atoms with Crippen LogP contribution >= 0.6 is 11.6 Å². The molecule has 0 radical (unpaired) electrons. The summed E-state index contributed by atoms with van der Waals surface area (Å²) in [5.41, 5.74) is 5.69. The zero-order valence-corrected chi connectivity index (χ0v) is 11.0. The highest BCUT2D eigenvalue weighted by Gasteiger charge is 2.21. The Bertz CT molecular complexity index is 649. The second-order valence-electron chi connectivity index (χ2n) is 4.13.